The second kappa shape index (κ2) is 10.5. The highest BCUT2D eigenvalue weighted by molar-refractivity contribution is 6.02. The molecular weight excluding hydrogens is 340 g/mol. The number of fused-ring (bicyclic) bond motifs is 2. The summed E-state index contributed by atoms with van der Waals surface area (Å²) in [6, 6.07) is 25.0. The summed E-state index contributed by atoms with van der Waals surface area (Å²) in [7, 11) is 0. The summed E-state index contributed by atoms with van der Waals surface area (Å²) in [5, 5.41) is 14.8. The van der Waals surface area contributed by atoms with Crippen molar-refractivity contribution in [2.75, 3.05) is 0 Å². The maximum Gasteiger partial charge on any atom is 0.115 e. The predicted molar refractivity (Wildman–Crippen MR) is 124 cm³/mol. The van der Waals surface area contributed by atoms with Crippen LogP contribution >= 0.6 is 0 Å². The third kappa shape index (κ3) is 4.92. The first-order valence-corrected chi connectivity index (χ1v) is 10.3. The van der Waals surface area contributed by atoms with Crippen molar-refractivity contribution in [2.24, 2.45) is 0 Å². The van der Waals surface area contributed by atoms with E-state index in [1.165, 1.54) is 39.1 Å². The number of benzene rings is 4. The Balaban J connectivity index is 0.000000514. The van der Waals surface area contributed by atoms with Crippen molar-refractivity contribution in [3.8, 4) is 5.75 Å². The van der Waals surface area contributed by atoms with E-state index in [4.69, 9.17) is 0 Å². The third-order valence-corrected chi connectivity index (χ3v) is 4.58. The second-order valence-corrected chi connectivity index (χ2v) is 6.79. The first-order valence-electron chi connectivity index (χ1n) is 10.3. The number of hydrogen-bond acceptors (Lipinski definition) is 1. The maximum absolute atomic E-state index is 9.65. The lowest BCUT2D eigenvalue weighted by Crippen LogP contribution is -1.95. The topological polar surface area (TPSA) is 20.2 Å². The van der Waals surface area contributed by atoms with E-state index >= 15 is 0 Å². The molecule has 4 rings (SSSR count). The second-order valence-electron chi connectivity index (χ2n) is 6.79. The van der Waals surface area contributed by atoms with Crippen molar-refractivity contribution in [3.63, 3.8) is 0 Å². The molecule has 0 bridgehead atoms. The van der Waals surface area contributed by atoms with E-state index in [2.05, 4.69) is 75.4 Å². The van der Waals surface area contributed by atoms with E-state index in [-0.39, 0.29) is 0 Å². The van der Waals surface area contributed by atoms with Gasteiger partial charge in [0.1, 0.15) is 5.75 Å². The standard InChI is InChI=1S/C22H18O.C3H8.C2H6/c1-15-12-19(23)11-10-16(15)14-22-20-8-4-2-6-17(20)13-18-7-3-5-9-21(18)22;1-3-2;1-2/h2-13,23H,14H2,1H3;3H2,1-2H3;1-2H3. The number of rotatable bonds is 2. The largest absolute Gasteiger partial charge is 0.508 e. The van der Waals surface area contributed by atoms with Crippen LogP contribution in [0.3, 0.4) is 0 Å². The van der Waals surface area contributed by atoms with E-state index < -0.39 is 0 Å². The molecule has 0 aliphatic rings. The molecule has 0 aliphatic heterocycles. The summed E-state index contributed by atoms with van der Waals surface area (Å²) >= 11 is 0. The van der Waals surface area contributed by atoms with Gasteiger partial charge in [-0.3, -0.25) is 0 Å². The normalized spacial score (nSPS) is 10.0. The molecule has 28 heavy (non-hydrogen) atoms. The van der Waals surface area contributed by atoms with Crippen LogP contribution in [0, 0.1) is 6.92 Å². The van der Waals surface area contributed by atoms with Crippen LogP contribution in [0.4, 0.5) is 0 Å². The Morgan fingerprint density at radius 2 is 1.21 bits per heavy atom. The van der Waals surface area contributed by atoms with Crippen LogP contribution in [0.25, 0.3) is 21.5 Å². The number of phenols is 1. The fourth-order valence-corrected chi connectivity index (χ4v) is 3.37. The Labute approximate surface area is 169 Å². The lowest BCUT2D eigenvalue weighted by atomic mass is 9.91. The molecule has 0 radical (unpaired) electrons. The lowest BCUT2D eigenvalue weighted by molar-refractivity contribution is 0.474. The van der Waals surface area contributed by atoms with Crippen LogP contribution < -0.4 is 0 Å². The van der Waals surface area contributed by atoms with Gasteiger partial charge in [-0.1, -0.05) is 88.7 Å². The van der Waals surface area contributed by atoms with Crippen LogP contribution in [-0.4, -0.2) is 5.11 Å². The minimum Gasteiger partial charge on any atom is -0.508 e. The molecule has 1 heteroatoms. The maximum atomic E-state index is 9.65. The van der Waals surface area contributed by atoms with Gasteiger partial charge in [0, 0.05) is 0 Å². The smallest absolute Gasteiger partial charge is 0.115 e. The summed E-state index contributed by atoms with van der Waals surface area (Å²) in [6.45, 7) is 10.3. The minimum absolute atomic E-state index is 0.328. The average molecular weight is 373 g/mol. The summed E-state index contributed by atoms with van der Waals surface area (Å²) in [5.74, 6) is 0.328. The summed E-state index contributed by atoms with van der Waals surface area (Å²) in [5.41, 5.74) is 3.74. The average Bonchev–Trinajstić information content (AvgIpc) is 2.71. The Morgan fingerprint density at radius 1 is 0.714 bits per heavy atom. The zero-order chi connectivity index (χ0) is 20.5. The molecule has 0 amide bonds. The van der Waals surface area contributed by atoms with Gasteiger partial charge >= 0.3 is 0 Å². The van der Waals surface area contributed by atoms with Crippen molar-refractivity contribution < 1.29 is 5.11 Å². The molecule has 1 N–H and O–H groups in total. The van der Waals surface area contributed by atoms with Gasteiger partial charge in [-0.05, 0) is 69.8 Å². The van der Waals surface area contributed by atoms with Crippen molar-refractivity contribution >= 4 is 21.5 Å². The molecule has 1 nitrogen and oxygen atoms in total. The molecule has 146 valence electrons. The van der Waals surface area contributed by atoms with Gasteiger partial charge in [-0.15, -0.1) is 0 Å². The highest BCUT2D eigenvalue weighted by Gasteiger charge is 2.09. The first-order chi connectivity index (χ1) is 13.6. The molecule has 0 unspecified atom stereocenters. The van der Waals surface area contributed by atoms with E-state index in [0.29, 0.717) is 5.75 Å². The fourth-order valence-electron chi connectivity index (χ4n) is 3.37. The Morgan fingerprint density at radius 3 is 1.71 bits per heavy atom. The van der Waals surface area contributed by atoms with Gasteiger partial charge in [-0.25, -0.2) is 0 Å². The van der Waals surface area contributed by atoms with E-state index in [9.17, 15) is 5.11 Å². The summed E-state index contributed by atoms with van der Waals surface area (Å²) in [4.78, 5) is 0. The van der Waals surface area contributed by atoms with Gasteiger partial charge in [0.25, 0.3) is 0 Å². The highest BCUT2D eigenvalue weighted by atomic mass is 16.3. The molecule has 0 saturated heterocycles. The Kier molecular flexibility index (Phi) is 8.07. The Bertz CT molecular complexity index is 977. The van der Waals surface area contributed by atoms with Gasteiger partial charge < -0.3 is 5.11 Å². The van der Waals surface area contributed by atoms with Gasteiger partial charge in [0.2, 0.25) is 0 Å². The van der Waals surface area contributed by atoms with E-state index in [0.717, 1.165) is 12.0 Å². The molecule has 0 heterocycles. The molecule has 0 atom stereocenters. The zero-order valence-corrected chi connectivity index (χ0v) is 17.8. The lowest BCUT2D eigenvalue weighted by Gasteiger charge is -2.13. The fraction of sp³-hybridized carbons (Fsp3) is 0.259. The van der Waals surface area contributed by atoms with Gasteiger partial charge in [-0.2, -0.15) is 0 Å². The molecule has 0 saturated carbocycles. The van der Waals surface area contributed by atoms with Crippen molar-refractivity contribution in [3.05, 3.63) is 89.5 Å². The quantitative estimate of drug-likeness (QED) is 0.353. The Hall–Kier alpha value is -2.80. The van der Waals surface area contributed by atoms with Crippen LogP contribution in [0.1, 0.15) is 50.8 Å². The van der Waals surface area contributed by atoms with Gasteiger partial charge in [0.05, 0.1) is 0 Å². The van der Waals surface area contributed by atoms with Crippen LogP contribution in [0.15, 0.2) is 72.8 Å². The molecule has 0 fully saturated rings. The van der Waals surface area contributed by atoms with Crippen molar-refractivity contribution in [2.45, 2.75) is 47.5 Å². The number of aromatic hydroxyl groups is 1. The van der Waals surface area contributed by atoms with Crippen LogP contribution in [0.5, 0.6) is 5.75 Å². The highest BCUT2D eigenvalue weighted by Crippen LogP contribution is 2.31. The monoisotopic (exact) mass is 372 g/mol. The number of aryl methyl sites for hydroxylation is 1. The minimum atomic E-state index is 0.328. The first kappa shape index (κ1) is 21.5. The van der Waals surface area contributed by atoms with E-state index in [1.807, 2.05) is 26.0 Å². The predicted octanol–water partition coefficient (Wildman–Crippen LogP) is 8.04. The van der Waals surface area contributed by atoms with Crippen molar-refractivity contribution in [1.82, 2.24) is 0 Å². The van der Waals surface area contributed by atoms with E-state index in [1.54, 1.807) is 6.07 Å². The molecule has 0 spiro atoms. The number of phenolic OH excluding ortho intramolecular Hbond substituents is 1. The number of hydrogen-bond donors (Lipinski definition) is 1. The molecule has 4 aromatic carbocycles. The molecular formula is C27H32O. The summed E-state index contributed by atoms with van der Waals surface area (Å²) in [6.07, 6.45) is 2.12. The molecule has 0 aromatic heterocycles. The molecule has 0 aliphatic carbocycles. The SMILES string of the molecule is CC.CCC.Cc1cc(O)ccc1Cc1c2ccccc2cc2ccccc12. The van der Waals surface area contributed by atoms with Crippen LogP contribution in [0.2, 0.25) is 0 Å². The van der Waals surface area contributed by atoms with Crippen LogP contribution in [-0.2, 0) is 6.42 Å². The van der Waals surface area contributed by atoms with Crippen molar-refractivity contribution in [1.29, 1.82) is 0 Å². The molecule has 4 aromatic rings. The zero-order valence-electron chi connectivity index (χ0n) is 17.8. The summed E-state index contributed by atoms with van der Waals surface area (Å²) < 4.78 is 0. The third-order valence-electron chi connectivity index (χ3n) is 4.58. The van der Waals surface area contributed by atoms with Gasteiger partial charge in [0.15, 0.2) is 0 Å².